The maximum atomic E-state index is 13.8. The average molecular weight is 566 g/mol. The van der Waals surface area contributed by atoms with Crippen molar-refractivity contribution in [2.75, 3.05) is 10.8 Å². The number of nitrogens with zero attached hydrogens (tertiary/aromatic N) is 3. The molecule has 0 spiro atoms. The second-order valence-corrected chi connectivity index (χ2v) is 12.6. The van der Waals surface area contributed by atoms with Crippen molar-refractivity contribution in [3.63, 3.8) is 0 Å². The molecule has 9 heteroatoms. The molecule has 0 N–H and O–H groups in total. The van der Waals surface area contributed by atoms with Gasteiger partial charge in [-0.2, -0.15) is 0 Å². The summed E-state index contributed by atoms with van der Waals surface area (Å²) >= 11 is 0. The van der Waals surface area contributed by atoms with Crippen molar-refractivity contribution in [1.82, 2.24) is 9.55 Å². The molecule has 3 aromatic carbocycles. The van der Waals surface area contributed by atoms with E-state index >= 15 is 0 Å². The molecule has 40 heavy (non-hydrogen) atoms. The molecule has 0 bridgehead atoms. The molecule has 0 aliphatic rings. The lowest BCUT2D eigenvalue weighted by Gasteiger charge is -2.25. The third-order valence-electron chi connectivity index (χ3n) is 6.35. The molecular weight excluding hydrogens is 529 g/mol. The quantitative estimate of drug-likeness (QED) is 0.200. The first-order valence-electron chi connectivity index (χ1n) is 13.5. The second kappa shape index (κ2) is 12.2. The SMILES string of the molecule is CCCc1nc2cc(N(CCCc3ccccc3)S(=O)(=O)c3ccc(F)cc3)ccc2n1CC(=O)OC(C)(C)C. The highest BCUT2D eigenvalue weighted by molar-refractivity contribution is 7.92. The highest BCUT2D eigenvalue weighted by atomic mass is 32.2. The van der Waals surface area contributed by atoms with Crippen LogP contribution in [-0.4, -0.2) is 36.1 Å². The number of halogens is 1. The zero-order valence-corrected chi connectivity index (χ0v) is 24.2. The van der Waals surface area contributed by atoms with Gasteiger partial charge in [0.2, 0.25) is 0 Å². The molecule has 0 saturated carbocycles. The van der Waals surface area contributed by atoms with Gasteiger partial charge in [0.05, 0.1) is 21.6 Å². The standard InChI is InChI=1S/C31H36FN3O4S/c1-5-10-29-33-27-21-25(16-19-28(27)34(29)22-30(36)39-31(2,3)4)35(20-9-13-23-11-7-6-8-12-23)40(37,38)26-17-14-24(32)15-18-26/h6-8,11-12,14-19,21H,5,9-10,13,20,22H2,1-4H3. The van der Waals surface area contributed by atoms with Gasteiger partial charge in [-0.3, -0.25) is 9.10 Å². The number of carbonyl (C=O) groups excluding carboxylic acids is 1. The summed E-state index contributed by atoms with van der Waals surface area (Å²) in [5, 5.41) is 0. The average Bonchev–Trinajstić information content (AvgIpc) is 3.22. The van der Waals surface area contributed by atoms with E-state index in [9.17, 15) is 17.6 Å². The largest absolute Gasteiger partial charge is 0.459 e. The number of anilines is 1. The van der Waals surface area contributed by atoms with Crippen LogP contribution in [0.15, 0.2) is 77.7 Å². The monoisotopic (exact) mass is 565 g/mol. The molecule has 212 valence electrons. The number of rotatable bonds is 11. The molecule has 4 rings (SSSR count). The van der Waals surface area contributed by atoms with E-state index in [0.717, 1.165) is 35.5 Å². The molecule has 0 saturated heterocycles. The Bertz CT molecular complexity index is 1560. The number of aromatic nitrogens is 2. The van der Waals surface area contributed by atoms with E-state index in [0.29, 0.717) is 30.5 Å². The van der Waals surface area contributed by atoms with Gasteiger partial charge < -0.3 is 9.30 Å². The molecule has 1 aromatic heterocycles. The van der Waals surface area contributed by atoms with E-state index in [4.69, 9.17) is 9.72 Å². The molecular formula is C31H36FN3O4S. The van der Waals surface area contributed by atoms with Crippen LogP contribution in [0.2, 0.25) is 0 Å². The molecule has 0 aliphatic heterocycles. The maximum Gasteiger partial charge on any atom is 0.326 e. The Kier molecular flexibility index (Phi) is 8.93. The number of ether oxygens (including phenoxy) is 1. The van der Waals surface area contributed by atoms with E-state index in [-0.39, 0.29) is 24.0 Å². The van der Waals surface area contributed by atoms with E-state index < -0.39 is 21.4 Å². The van der Waals surface area contributed by atoms with Gasteiger partial charge in [0.25, 0.3) is 10.0 Å². The number of fused-ring (bicyclic) bond motifs is 1. The smallest absolute Gasteiger partial charge is 0.326 e. The highest BCUT2D eigenvalue weighted by Crippen LogP contribution is 2.29. The Balaban J connectivity index is 1.71. The lowest BCUT2D eigenvalue weighted by molar-refractivity contribution is -0.155. The first-order valence-corrected chi connectivity index (χ1v) is 14.9. The Morgan fingerprint density at radius 2 is 1.70 bits per heavy atom. The maximum absolute atomic E-state index is 13.8. The number of benzene rings is 3. The van der Waals surface area contributed by atoms with Crippen molar-refractivity contribution in [2.24, 2.45) is 0 Å². The lowest BCUT2D eigenvalue weighted by Crippen LogP contribution is -2.32. The van der Waals surface area contributed by atoms with Gasteiger partial charge >= 0.3 is 5.97 Å². The summed E-state index contributed by atoms with van der Waals surface area (Å²) in [6, 6.07) is 20.0. The Morgan fingerprint density at radius 1 is 1.00 bits per heavy atom. The molecule has 0 fully saturated rings. The van der Waals surface area contributed by atoms with Crippen LogP contribution in [0.3, 0.4) is 0 Å². The third kappa shape index (κ3) is 7.07. The summed E-state index contributed by atoms with van der Waals surface area (Å²) in [4.78, 5) is 17.4. The number of esters is 1. The molecule has 1 heterocycles. The van der Waals surface area contributed by atoms with Gasteiger partial charge in [-0.15, -0.1) is 0 Å². The second-order valence-electron chi connectivity index (χ2n) is 10.7. The van der Waals surface area contributed by atoms with Crippen LogP contribution in [0.5, 0.6) is 0 Å². The topological polar surface area (TPSA) is 81.5 Å². The minimum atomic E-state index is -3.99. The Hall–Kier alpha value is -3.72. The molecule has 0 unspecified atom stereocenters. The normalized spacial score (nSPS) is 12.0. The summed E-state index contributed by atoms with van der Waals surface area (Å²) in [5.74, 6) is -0.137. The van der Waals surface area contributed by atoms with Crippen LogP contribution < -0.4 is 4.31 Å². The van der Waals surface area contributed by atoms with Gasteiger partial charge in [0, 0.05) is 13.0 Å². The third-order valence-corrected chi connectivity index (χ3v) is 8.19. The predicted molar refractivity (Wildman–Crippen MR) is 155 cm³/mol. The van der Waals surface area contributed by atoms with Crippen molar-refractivity contribution >= 4 is 32.7 Å². The summed E-state index contributed by atoms with van der Waals surface area (Å²) in [6.45, 7) is 7.74. The highest BCUT2D eigenvalue weighted by Gasteiger charge is 2.26. The summed E-state index contributed by atoms with van der Waals surface area (Å²) < 4.78 is 49.9. The number of hydrogen-bond donors (Lipinski definition) is 0. The van der Waals surface area contributed by atoms with Crippen LogP contribution in [-0.2, 0) is 38.9 Å². The summed E-state index contributed by atoms with van der Waals surface area (Å²) in [5.41, 5.74) is 2.27. The molecule has 0 aliphatic carbocycles. The van der Waals surface area contributed by atoms with Crippen molar-refractivity contribution < 1.29 is 22.3 Å². The van der Waals surface area contributed by atoms with Gasteiger partial charge in [0.15, 0.2) is 0 Å². The predicted octanol–water partition coefficient (Wildman–Crippen LogP) is 6.30. The first kappa shape index (κ1) is 29.3. The summed E-state index contributed by atoms with van der Waals surface area (Å²) in [7, 11) is -3.99. The van der Waals surface area contributed by atoms with E-state index in [1.165, 1.54) is 16.4 Å². The van der Waals surface area contributed by atoms with Gasteiger partial charge in [0.1, 0.15) is 23.8 Å². The first-order chi connectivity index (χ1) is 19.0. The fourth-order valence-electron chi connectivity index (χ4n) is 4.61. The number of imidazole rings is 1. The van der Waals surface area contributed by atoms with Crippen molar-refractivity contribution in [2.45, 2.75) is 70.4 Å². The van der Waals surface area contributed by atoms with Crippen molar-refractivity contribution in [3.05, 3.63) is 90.0 Å². The number of aryl methyl sites for hydroxylation is 2. The van der Waals surface area contributed by atoms with E-state index in [1.54, 1.807) is 18.2 Å². The molecule has 0 amide bonds. The molecule has 4 aromatic rings. The Morgan fingerprint density at radius 3 is 2.35 bits per heavy atom. The molecule has 7 nitrogen and oxygen atoms in total. The summed E-state index contributed by atoms with van der Waals surface area (Å²) in [6.07, 6.45) is 2.76. The lowest BCUT2D eigenvalue weighted by atomic mass is 10.1. The zero-order chi connectivity index (χ0) is 28.9. The van der Waals surface area contributed by atoms with E-state index in [2.05, 4.69) is 0 Å². The van der Waals surface area contributed by atoms with Crippen LogP contribution >= 0.6 is 0 Å². The van der Waals surface area contributed by atoms with Gasteiger partial charge in [-0.25, -0.2) is 17.8 Å². The van der Waals surface area contributed by atoms with Crippen LogP contribution in [0.25, 0.3) is 11.0 Å². The number of sulfonamides is 1. The minimum Gasteiger partial charge on any atom is -0.459 e. The molecule has 0 radical (unpaired) electrons. The molecule has 0 atom stereocenters. The fraction of sp³-hybridized carbons (Fsp3) is 0.355. The number of carbonyl (C=O) groups is 1. The van der Waals surface area contributed by atoms with Crippen LogP contribution in [0.4, 0.5) is 10.1 Å². The van der Waals surface area contributed by atoms with Crippen molar-refractivity contribution in [3.8, 4) is 0 Å². The number of hydrogen-bond acceptors (Lipinski definition) is 5. The fourth-order valence-corrected chi connectivity index (χ4v) is 6.11. The minimum absolute atomic E-state index is 0.0100. The van der Waals surface area contributed by atoms with Gasteiger partial charge in [-0.1, -0.05) is 37.3 Å². The van der Waals surface area contributed by atoms with Crippen LogP contribution in [0.1, 0.15) is 51.9 Å². The van der Waals surface area contributed by atoms with Gasteiger partial charge in [-0.05, 0) is 88.1 Å². The Labute approximate surface area is 235 Å². The zero-order valence-electron chi connectivity index (χ0n) is 23.4. The van der Waals surface area contributed by atoms with Crippen molar-refractivity contribution in [1.29, 1.82) is 0 Å². The van der Waals surface area contributed by atoms with Crippen LogP contribution in [0, 0.1) is 5.82 Å². The van der Waals surface area contributed by atoms with E-state index in [1.807, 2.05) is 62.6 Å².